The van der Waals surface area contributed by atoms with Crippen LogP contribution in [0.4, 0.5) is 5.69 Å². The van der Waals surface area contributed by atoms with Crippen molar-refractivity contribution in [1.29, 1.82) is 0 Å². The van der Waals surface area contributed by atoms with E-state index in [1.54, 1.807) is 32.2 Å². The monoisotopic (exact) mass is 271 g/mol. The van der Waals surface area contributed by atoms with Crippen molar-refractivity contribution in [2.75, 3.05) is 19.5 Å². The van der Waals surface area contributed by atoms with Crippen LogP contribution in [0.5, 0.6) is 5.75 Å². The summed E-state index contributed by atoms with van der Waals surface area (Å²) in [4.78, 5) is 11.4. The molecule has 5 heteroatoms. The fourth-order valence-electron chi connectivity index (χ4n) is 1.55. The predicted molar refractivity (Wildman–Crippen MR) is 72.3 cm³/mol. The normalized spacial score (nSPS) is 13.6. The standard InChI is InChI=1S/C13H18ClNO3/c1-8(13(16)18-4)9(2)15-11-7-10(14)5-6-12(11)17-3/h5-9,15H,1-4H3. The Bertz CT molecular complexity index is 423. The highest BCUT2D eigenvalue weighted by Gasteiger charge is 2.21. The molecule has 18 heavy (non-hydrogen) atoms. The molecule has 0 saturated carbocycles. The van der Waals surface area contributed by atoms with Crippen LogP contribution in [0.3, 0.4) is 0 Å². The van der Waals surface area contributed by atoms with E-state index >= 15 is 0 Å². The molecule has 1 aromatic carbocycles. The molecule has 0 aromatic heterocycles. The molecule has 100 valence electrons. The predicted octanol–water partition coefficient (Wildman–Crippen LogP) is 2.96. The van der Waals surface area contributed by atoms with Gasteiger partial charge in [0.25, 0.3) is 0 Å². The van der Waals surface area contributed by atoms with Gasteiger partial charge in [0.1, 0.15) is 5.75 Å². The summed E-state index contributed by atoms with van der Waals surface area (Å²) >= 11 is 5.94. The molecule has 0 radical (unpaired) electrons. The third kappa shape index (κ3) is 3.53. The van der Waals surface area contributed by atoms with Crippen molar-refractivity contribution < 1.29 is 14.3 Å². The van der Waals surface area contributed by atoms with Gasteiger partial charge >= 0.3 is 5.97 Å². The van der Waals surface area contributed by atoms with Crippen molar-refractivity contribution in [2.24, 2.45) is 5.92 Å². The average Bonchev–Trinajstić information content (AvgIpc) is 2.37. The van der Waals surface area contributed by atoms with Gasteiger partial charge in [0.2, 0.25) is 0 Å². The van der Waals surface area contributed by atoms with Gasteiger partial charge in [0, 0.05) is 11.1 Å². The lowest BCUT2D eigenvalue weighted by atomic mass is 10.0. The van der Waals surface area contributed by atoms with Crippen LogP contribution in [-0.2, 0) is 9.53 Å². The van der Waals surface area contributed by atoms with Gasteiger partial charge in [-0.05, 0) is 32.0 Å². The summed E-state index contributed by atoms with van der Waals surface area (Å²) in [5.41, 5.74) is 0.758. The Balaban J connectivity index is 2.83. The molecule has 0 heterocycles. The zero-order valence-electron chi connectivity index (χ0n) is 11.0. The molecule has 2 atom stereocenters. The fraction of sp³-hybridized carbons (Fsp3) is 0.462. The molecule has 0 aliphatic carbocycles. The Kier molecular flexibility index (Phi) is 5.28. The van der Waals surface area contributed by atoms with E-state index in [-0.39, 0.29) is 17.9 Å². The van der Waals surface area contributed by atoms with Crippen LogP contribution in [-0.4, -0.2) is 26.2 Å². The first-order chi connectivity index (χ1) is 8.49. The molecular weight excluding hydrogens is 254 g/mol. The highest BCUT2D eigenvalue weighted by molar-refractivity contribution is 6.30. The van der Waals surface area contributed by atoms with Gasteiger partial charge in [-0.2, -0.15) is 0 Å². The van der Waals surface area contributed by atoms with Gasteiger partial charge < -0.3 is 14.8 Å². The number of hydrogen-bond acceptors (Lipinski definition) is 4. The summed E-state index contributed by atoms with van der Waals surface area (Å²) in [6.45, 7) is 3.71. The number of hydrogen-bond donors (Lipinski definition) is 1. The van der Waals surface area contributed by atoms with E-state index in [0.717, 1.165) is 5.69 Å². The van der Waals surface area contributed by atoms with Gasteiger partial charge in [-0.25, -0.2) is 0 Å². The fourth-order valence-corrected chi connectivity index (χ4v) is 1.73. The van der Waals surface area contributed by atoms with E-state index in [1.165, 1.54) is 7.11 Å². The Morgan fingerprint density at radius 2 is 2.00 bits per heavy atom. The number of carbonyl (C=O) groups is 1. The molecule has 1 aromatic rings. The minimum Gasteiger partial charge on any atom is -0.495 e. The van der Waals surface area contributed by atoms with Crippen LogP contribution >= 0.6 is 11.6 Å². The van der Waals surface area contributed by atoms with Crippen molar-refractivity contribution in [3.05, 3.63) is 23.2 Å². The number of methoxy groups -OCH3 is 2. The number of rotatable bonds is 5. The first kappa shape index (κ1) is 14.6. The molecule has 0 fully saturated rings. The third-order valence-corrected chi connectivity index (χ3v) is 3.10. The molecule has 1 N–H and O–H groups in total. The molecule has 1 rings (SSSR count). The molecule has 0 aliphatic heterocycles. The lowest BCUT2D eigenvalue weighted by molar-refractivity contribution is -0.145. The second-order valence-corrected chi connectivity index (χ2v) is 4.53. The highest BCUT2D eigenvalue weighted by Crippen LogP contribution is 2.29. The molecule has 0 bridgehead atoms. The molecule has 0 amide bonds. The minimum atomic E-state index is -0.265. The number of anilines is 1. The molecule has 0 saturated heterocycles. The van der Waals surface area contributed by atoms with Crippen LogP contribution in [0, 0.1) is 5.92 Å². The highest BCUT2D eigenvalue weighted by atomic mass is 35.5. The van der Waals surface area contributed by atoms with Crippen LogP contribution in [0.25, 0.3) is 0 Å². The maximum Gasteiger partial charge on any atom is 0.310 e. The molecular formula is C13H18ClNO3. The quantitative estimate of drug-likeness (QED) is 0.837. The van der Waals surface area contributed by atoms with Crippen molar-refractivity contribution in [2.45, 2.75) is 19.9 Å². The number of ether oxygens (including phenoxy) is 2. The van der Waals surface area contributed by atoms with Gasteiger partial charge in [0.05, 0.1) is 25.8 Å². The van der Waals surface area contributed by atoms with Crippen molar-refractivity contribution in [3.63, 3.8) is 0 Å². The summed E-state index contributed by atoms with van der Waals surface area (Å²) in [6.07, 6.45) is 0. The lowest BCUT2D eigenvalue weighted by Crippen LogP contribution is -2.30. The van der Waals surface area contributed by atoms with E-state index in [4.69, 9.17) is 21.1 Å². The Labute approximate surface area is 112 Å². The van der Waals surface area contributed by atoms with Gasteiger partial charge in [-0.3, -0.25) is 4.79 Å². The lowest BCUT2D eigenvalue weighted by Gasteiger charge is -2.21. The van der Waals surface area contributed by atoms with Crippen molar-refractivity contribution in [3.8, 4) is 5.75 Å². The summed E-state index contributed by atoms with van der Waals surface area (Å²) in [5, 5.41) is 3.81. The Hall–Kier alpha value is -1.42. The summed E-state index contributed by atoms with van der Waals surface area (Å²) in [5.74, 6) is 0.165. The number of halogens is 1. The summed E-state index contributed by atoms with van der Waals surface area (Å²) in [7, 11) is 2.97. The summed E-state index contributed by atoms with van der Waals surface area (Å²) in [6, 6.07) is 5.20. The van der Waals surface area contributed by atoms with Crippen LogP contribution < -0.4 is 10.1 Å². The maximum atomic E-state index is 11.4. The van der Waals surface area contributed by atoms with E-state index in [9.17, 15) is 4.79 Å². The average molecular weight is 272 g/mol. The number of nitrogens with one attached hydrogen (secondary N) is 1. The first-order valence-electron chi connectivity index (χ1n) is 5.67. The second-order valence-electron chi connectivity index (χ2n) is 4.09. The zero-order valence-corrected chi connectivity index (χ0v) is 11.7. The third-order valence-electron chi connectivity index (χ3n) is 2.87. The molecule has 4 nitrogen and oxygen atoms in total. The van der Waals surface area contributed by atoms with Crippen molar-refractivity contribution in [1.82, 2.24) is 0 Å². The van der Waals surface area contributed by atoms with E-state index in [1.807, 2.05) is 6.92 Å². The largest absolute Gasteiger partial charge is 0.495 e. The Morgan fingerprint density at radius 1 is 1.33 bits per heavy atom. The second kappa shape index (κ2) is 6.50. The maximum absolute atomic E-state index is 11.4. The van der Waals surface area contributed by atoms with E-state index in [2.05, 4.69) is 5.32 Å². The van der Waals surface area contributed by atoms with Gasteiger partial charge in [-0.15, -0.1) is 0 Å². The van der Waals surface area contributed by atoms with Gasteiger partial charge in [0.15, 0.2) is 0 Å². The topological polar surface area (TPSA) is 47.6 Å². The summed E-state index contributed by atoms with van der Waals surface area (Å²) < 4.78 is 9.95. The first-order valence-corrected chi connectivity index (χ1v) is 6.05. The SMILES string of the molecule is COC(=O)C(C)C(C)Nc1cc(Cl)ccc1OC. The zero-order chi connectivity index (χ0) is 13.7. The van der Waals surface area contributed by atoms with E-state index in [0.29, 0.717) is 10.8 Å². The smallest absolute Gasteiger partial charge is 0.310 e. The molecule has 0 aliphatic rings. The van der Waals surface area contributed by atoms with Crippen LogP contribution in [0.1, 0.15) is 13.8 Å². The minimum absolute atomic E-state index is 0.0928. The van der Waals surface area contributed by atoms with Crippen molar-refractivity contribution >= 4 is 23.3 Å². The number of esters is 1. The Morgan fingerprint density at radius 3 is 2.56 bits per heavy atom. The molecule has 2 unspecified atom stereocenters. The van der Waals surface area contributed by atoms with Gasteiger partial charge in [-0.1, -0.05) is 11.6 Å². The number of carbonyl (C=O) groups excluding carboxylic acids is 1. The van der Waals surface area contributed by atoms with Crippen LogP contribution in [0.2, 0.25) is 5.02 Å². The number of benzene rings is 1. The van der Waals surface area contributed by atoms with E-state index < -0.39 is 0 Å². The molecule has 0 spiro atoms. The van der Waals surface area contributed by atoms with Crippen LogP contribution in [0.15, 0.2) is 18.2 Å².